The Kier molecular flexibility index (Phi) is 5.81. The number of hydrogen-bond donors (Lipinski definition) is 0. The third kappa shape index (κ3) is 4.86. The Morgan fingerprint density at radius 3 is 2.46 bits per heavy atom. The first-order valence-corrected chi connectivity index (χ1v) is 8.95. The van der Waals surface area contributed by atoms with E-state index in [-0.39, 0.29) is 18.0 Å². The van der Waals surface area contributed by atoms with Crippen molar-refractivity contribution < 1.29 is 14.3 Å². The second kappa shape index (κ2) is 7.31. The molecule has 24 heavy (non-hydrogen) atoms. The van der Waals surface area contributed by atoms with Gasteiger partial charge in [0.05, 0.1) is 6.04 Å². The van der Waals surface area contributed by atoms with Gasteiger partial charge in [-0.25, -0.2) is 4.79 Å². The summed E-state index contributed by atoms with van der Waals surface area (Å²) < 4.78 is 6.35. The summed E-state index contributed by atoms with van der Waals surface area (Å²) in [5.41, 5.74) is 0.292. The highest BCUT2D eigenvalue weighted by Gasteiger charge is 2.35. The lowest BCUT2D eigenvalue weighted by Crippen LogP contribution is -2.52. The van der Waals surface area contributed by atoms with Gasteiger partial charge >= 0.3 is 6.09 Å². The molecule has 0 aliphatic carbocycles. The Balaban J connectivity index is 2.34. The van der Waals surface area contributed by atoms with E-state index < -0.39 is 5.60 Å². The van der Waals surface area contributed by atoms with Crippen molar-refractivity contribution >= 4 is 39.5 Å². The van der Waals surface area contributed by atoms with Crippen molar-refractivity contribution in [2.24, 2.45) is 0 Å². The molecule has 1 saturated heterocycles. The summed E-state index contributed by atoms with van der Waals surface area (Å²) in [6.07, 6.45) is -0.383. The molecule has 0 bridgehead atoms. The Morgan fingerprint density at radius 2 is 1.92 bits per heavy atom. The number of amides is 2. The van der Waals surface area contributed by atoms with Gasteiger partial charge in [0, 0.05) is 36.1 Å². The number of carbonyl (C=O) groups is 2. The molecule has 5 nitrogen and oxygen atoms in total. The van der Waals surface area contributed by atoms with Crippen LogP contribution in [0, 0.1) is 0 Å². The van der Waals surface area contributed by atoms with E-state index in [0.29, 0.717) is 24.7 Å². The van der Waals surface area contributed by atoms with Crippen LogP contribution in [0.1, 0.15) is 39.3 Å². The topological polar surface area (TPSA) is 49.9 Å². The minimum Gasteiger partial charge on any atom is -0.444 e. The maximum Gasteiger partial charge on any atom is 0.410 e. The van der Waals surface area contributed by atoms with Gasteiger partial charge in [0.2, 0.25) is 5.91 Å². The molecule has 0 aromatic heterocycles. The van der Waals surface area contributed by atoms with E-state index >= 15 is 0 Å². The van der Waals surface area contributed by atoms with Gasteiger partial charge in [-0.05, 0) is 44.5 Å². The molecular weight excluding hydrogens is 396 g/mol. The summed E-state index contributed by atoms with van der Waals surface area (Å²) in [4.78, 5) is 27.8. The van der Waals surface area contributed by atoms with E-state index in [1.54, 1.807) is 15.9 Å². The number of halogens is 2. The zero-order chi connectivity index (χ0) is 18.1. The first-order valence-electron chi connectivity index (χ1n) is 7.78. The predicted octanol–water partition coefficient (Wildman–Crippen LogP) is 4.24. The van der Waals surface area contributed by atoms with E-state index in [4.69, 9.17) is 16.3 Å². The maximum atomic E-state index is 12.6. The van der Waals surface area contributed by atoms with Gasteiger partial charge in [0.25, 0.3) is 0 Å². The molecule has 1 fully saturated rings. The van der Waals surface area contributed by atoms with Crippen LogP contribution in [0.3, 0.4) is 0 Å². The molecule has 0 saturated carbocycles. The van der Waals surface area contributed by atoms with Gasteiger partial charge in [0.15, 0.2) is 0 Å². The largest absolute Gasteiger partial charge is 0.444 e. The normalized spacial score (nSPS) is 18.5. The summed E-state index contributed by atoms with van der Waals surface area (Å²) in [5, 5.41) is 0.573. The SMILES string of the molecule is CC(=O)N1CCN(C(=O)OC(C)(C)C)[C@H](c2cc(Cl)cc(Br)c2)C1. The number of benzene rings is 1. The molecule has 1 aliphatic heterocycles. The van der Waals surface area contributed by atoms with Crippen molar-refractivity contribution in [3.05, 3.63) is 33.3 Å². The number of hydrogen-bond acceptors (Lipinski definition) is 3. The van der Waals surface area contributed by atoms with Crippen molar-refractivity contribution in [3.8, 4) is 0 Å². The maximum absolute atomic E-state index is 12.6. The molecule has 0 N–H and O–H groups in total. The van der Waals surface area contributed by atoms with Crippen molar-refractivity contribution in [2.45, 2.75) is 39.3 Å². The second-order valence-electron chi connectivity index (χ2n) is 6.86. The summed E-state index contributed by atoms with van der Waals surface area (Å²) in [7, 11) is 0. The molecule has 0 radical (unpaired) electrons. The highest BCUT2D eigenvalue weighted by molar-refractivity contribution is 9.10. The lowest BCUT2D eigenvalue weighted by Gasteiger charge is -2.41. The second-order valence-corrected chi connectivity index (χ2v) is 8.21. The smallest absolute Gasteiger partial charge is 0.410 e. The number of carbonyl (C=O) groups excluding carboxylic acids is 2. The molecule has 2 amide bonds. The van der Waals surface area contributed by atoms with Crippen LogP contribution in [0.5, 0.6) is 0 Å². The zero-order valence-electron chi connectivity index (χ0n) is 14.3. The van der Waals surface area contributed by atoms with Crippen LogP contribution in [0.2, 0.25) is 5.02 Å². The van der Waals surface area contributed by atoms with E-state index in [0.717, 1.165) is 10.0 Å². The number of nitrogens with zero attached hydrogens (tertiary/aromatic N) is 2. The average Bonchev–Trinajstić information content (AvgIpc) is 2.43. The van der Waals surface area contributed by atoms with E-state index in [1.807, 2.05) is 32.9 Å². The van der Waals surface area contributed by atoms with Crippen LogP contribution in [-0.2, 0) is 9.53 Å². The Morgan fingerprint density at radius 1 is 1.25 bits per heavy atom. The van der Waals surface area contributed by atoms with Gasteiger partial charge in [0.1, 0.15) is 5.60 Å². The predicted molar refractivity (Wildman–Crippen MR) is 97.1 cm³/mol. The molecule has 132 valence electrons. The van der Waals surface area contributed by atoms with Crippen LogP contribution >= 0.6 is 27.5 Å². The van der Waals surface area contributed by atoms with Crippen LogP contribution < -0.4 is 0 Å². The number of piperazine rings is 1. The highest BCUT2D eigenvalue weighted by atomic mass is 79.9. The third-order valence-electron chi connectivity index (χ3n) is 3.72. The lowest BCUT2D eigenvalue weighted by atomic mass is 10.0. The van der Waals surface area contributed by atoms with Crippen LogP contribution in [0.15, 0.2) is 22.7 Å². The monoisotopic (exact) mass is 416 g/mol. The van der Waals surface area contributed by atoms with Gasteiger partial charge in [-0.2, -0.15) is 0 Å². The van der Waals surface area contributed by atoms with Crippen molar-refractivity contribution in [1.82, 2.24) is 9.80 Å². The zero-order valence-corrected chi connectivity index (χ0v) is 16.6. The first kappa shape index (κ1) is 19.1. The minimum absolute atomic E-state index is 0.00932. The summed E-state index contributed by atoms with van der Waals surface area (Å²) in [6.45, 7) is 8.37. The van der Waals surface area contributed by atoms with Crippen LogP contribution in [-0.4, -0.2) is 47.0 Å². The fourth-order valence-corrected chi connectivity index (χ4v) is 3.55. The summed E-state index contributed by atoms with van der Waals surface area (Å²) in [5.74, 6) is -0.00932. The lowest BCUT2D eigenvalue weighted by molar-refractivity contribution is -0.131. The summed E-state index contributed by atoms with van der Waals surface area (Å²) >= 11 is 9.59. The van der Waals surface area contributed by atoms with Gasteiger partial charge in [-0.3, -0.25) is 9.69 Å². The molecule has 1 atom stereocenters. The fourth-order valence-electron chi connectivity index (χ4n) is 2.66. The summed E-state index contributed by atoms with van der Waals surface area (Å²) in [6, 6.07) is 5.22. The van der Waals surface area contributed by atoms with Crippen molar-refractivity contribution in [1.29, 1.82) is 0 Å². The quantitative estimate of drug-likeness (QED) is 0.686. The van der Waals surface area contributed by atoms with Gasteiger partial charge in [-0.15, -0.1) is 0 Å². The Labute approximate surface area is 156 Å². The Hall–Kier alpha value is -1.27. The first-order chi connectivity index (χ1) is 11.1. The number of rotatable bonds is 1. The molecule has 1 heterocycles. The minimum atomic E-state index is -0.575. The standard InChI is InChI=1S/C17H22BrClN2O3/c1-11(22)20-5-6-21(16(23)24-17(2,3)4)15(10-20)12-7-13(18)9-14(19)8-12/h7-9,15H,5-6,10H2,1-4H3/t15-/m0/s1. The van der Waals surface area contributed by atoms with Crippen LogP contribution in [0.25, 0.3) is 0 Å². The fraction of sp³-hybridized carbons (Fsp3) is 0.529. The van der Waals surface area contributed by atoms with Crippen molar-refractivity contribution in [3.63, 3.8) is 0 Å². The molecule has 1 aromatic rings. The molecule has 1 aromatic carbocycles. The highest BCUT2D eigenvalue weighted by Crippen LogP contribution is 2.31. The molecular formula is C17H22BrClN2O3. The van der Waals surface area contributed by atoms with E-state index in [9.17, 15) is 9.59 Å². The molecule has 2 rings (SSSR count). The number of ether oxygens (including phenoxy) is 1. The molecule has 0 unspecified atom stereocenters. The average molecular weight is 418 g/mol. The molecule has 7 heteroatoms. The molecule has 0 spiro atoms. The van der Waals surface area contributed by atoms with Crippen molar-refractivity contribution in [2.75, 3.05) is 19.6 Å². The Bertz CT molecular complexity index is 625. The van der Waals surface area contributed by atoms with E-state index in [1.165, 1.54) is 6.92 Å². The van der Waals surface area contributed by atoms with E-state index in [2.05, 4.69) is 15.9 Å². The van der Waals surface area contributed by atoms with Crippen LogP contribution in [0.4, 0.5) is 4.79 Å². The molecule has 1 aliphatic rings. The van der Waals surface area contributed by atoms with Gasteiger partial charge < -0.3 is 9.64 Å². The third-order valence-corrected chi connectivity index (χ3v) is 4.40. The van der Waals surface area contributed by atoms with Gasteiger partial charge in [-0.1, -0.05) is 27.5 Å².